The van der Waals surface area contributed by atoms with Crippen LogP contribution in [0, 0.1) is 0 Å². The molecule has 0 aliphatic carbocycles. The van der Waals surface area contributed by atoms with Crippen molar-refractivity contribution in [1.82, 2.24) is 5.32 Å². The molecule has 0 unspecified atom stereocenters. The fourth-order valence-corrected chi connectivity index (χ4v) is 0.954. The summed E-state index contributed by atoms with van der Waals surface area (Å²) in [6.07, 6.45) is 0. The zero-order chi connectivity index (χ0) is 8.04. The lowest BCUT2D eigenvalue weighted by Gasteiger charge is -2.25. The van der Waals surface area contributed by atoms with Gasteiger partial charge in [0.1, 0.15) is 6.67 Å². The Bertz CT molecular complexity index is 85.8. The van der Waals surface area contributed by atoms with E-state index < -0.39 is 0 Å². The Kier molecular flexibility index (Phi) is 5.41. The first kappa shape index (κ1) is 10.5. The summed E-state index contributed by atoms with van der Waals surface area (Å²) in [6, 6.07) is 0. The molecule has 1 nitrogen and oxygen atoms in total. The first-order valence-corrected chi connectivity index (χ1v) is 4.18. The van der Waals surface area contributed by atoms with E-state index in [0.717, 1.165) is 0 Å². The first-order valence-electron chi connectivity index (χ1n) is 3.11. The van der Waals surface area contributed by atoms with E-state index in [9.17, 15) is 4.39 Å². The van der Waals surface area contributed by atoms with E-state index in [1.165, 1.54) is 0 Å². The summed E-state index contributed by atoms with van der Waals surface area (Å²) in [7, 11) is 0. The number of hydrogen-bond donors (Lipinski definition) is 1. The molecule has 0 bridgehead atoms. The molecule has 1 N–H and O–H groups in total. The molecule has 0 aromatic rings. The average molecular weight is 188 g/mol. The molecule has 62 valence electrons. The average Bonchev–Trinajstić information content (AvgIpc) is 2.00. The van der Waals surface area contributed by atoms with Crippen LogP contribution in [0.5, 0.6) is 0 Å². The summed E-state index contributed by atoms with van der Waals surface area (Å²) in [4.78, 5) is 0. The molecule has 0 aromatic heterocycles. The third kappa shape index (κ3) is 3.59. The Balaban J connectivity index is 3.58. The number of alkyl halides is 3. The lowest BCUT2D eigenvalue weighted by atomic mass is 10.1. The fraction of sp³-hybridized carbons (Fsp3) is 1.00. The van der Waals surface area contributed by atoms with Crippen LogP contribution in [0.2, 0.25) is 0 Å². The predicted molar refractivity (Wildman–Crippen MR) is 43.8 cm³/mol. The zero-order valence-electron chi connectivity index (χ0n) is 5.96. The van der Waals surface area contributed by atoms with Gasteiger partial charge >= 0.3 is 0 Å². The number of rotatable bonds is 5. The molecule has 10 heavy (non-hydrogen) atoms. The predicted octanol–water partition coefficient (Wildman–Crippen LogP) is 1.78. The van der Waals surface area contributed by atoms with E-state index in [2.05, 4.69) is 5.32 Å². The SMILES string of the molecule is CC(CCl)(CCl)NCCF. The smallest absolute Gasteiger partial charge is 0.102 e. The van der Waals surface area contributed by atoms with Crippen LogP contribution < -0.4 is 5.32 Å². The van der Waals surface area contributed by atoms with Crippen LogP contribution >= 0.6 is 23.2 Å². The summed E-state index contributed by atoms with van der Waals surface area (Å²) in [5.41, 5.74) is -0.324. The van der Waals surface area contributed by atoms with Gasteiger partial charge in [0.15, 0.2) is 0 Å². The van der Waals surface area contributed by atoms with Gasteiger partial charge in [0, 0.05) is 23.8 Å². The van der Waals surface area contributed by atoms with E-state index in [1.54, 1.807) is 0 Å². The van der Waals surface area contributed by atoms with E-state index in [-0.39, 0.29) is 12.2 Å². The van der Waals surface area contributed by atoms with Crippen LogP contribution in [-0.2, 0) is 0 Å². The van der Waals surface area contributed by atoms with E-state index in [1.807, 2.05) is 6.92 Å². The number of nitrogens with one attached hydrogen (secondary N) is 1. The third-order valence-electron chi connectivity index (χ3n) is 1.24. The maximum atomic E-state index is 11.6. The highest BCUT2D eigenvalue weighted by Gasteiger charge is 2.20. The van der Waals surface area contributed by atoms with Crippen molar-refractivity contribution in [3.05, 3.63) is 0 Å². The van der Waals surface area contributed by atoms with Crippen molar-refractivity contribution >= 4 is 23.2 Å². The second-order valence-corrected chi connectivity index (χ2v) is 2.98. The van der Waals surface area contributed by atoms with Gasteiger partial charge in [-0.2, -0.15) is 0 Å². The minimum absolute atomic E-state index is 0.315. The molecular weight excluding hydrogens is 176 g/mol. The van der Waals surface area contributed by atoms with E-state index >= 15 is 0 Å². The molecular formula is C6H12Cl2FN. The number of halogens is 3. The summed E-state index contributed by atoms with van der Waals surface area (Å²) in [6.45, 7) is 1.79. The summed E-state index contributed by atoms with van der Waals surface area (Å²) < 4.78 is 11.6. The van der Waals surface area contributed by atoms with Crippen LogP contribution in [-0.4, -0.2) is 30.5 Å². The fourth-order valence-electron chi connectivity index (χ4n) is 0.479. The lowest BCUT2D eigenvalue weighted by Crippen LogP contribution is -2.46. The molecule has 4 heteroatoms. The molecule has 0 rings (SSSR count). The second kappa shape index (κ2) is 5.16. The topological polar surface area (TPSA) is 12.0 Å². The number of hydrogen-bond acceptors (Lipinski definition) is 1. The second-order valence-electron chi connectivity index (χ2n) is 2.44. The Labute approximate surface area is 70.9 Å². The van der Waals surface area contributed by atoms with Crippen molar-refractivity contribution < 1.29 is 4.39 Å². The molecule has 0 aliphatic heterocycles. The Morgan fingerprint density at radius 1 is 1.40 bits per heavy atom. The van der Waals surface area contributed by atoms with Crippen molar-refractivity contribution in [2.45, 2.75) is 12.5 Å². The molecule has 0 aromatic carbocycles. The normalized spacial score (nSPS) is 12.0. The van der Waals surface area contributed by atoms with Gasteiger partial charge in [0.05, 0.1) is 0 Å². The van der Waals surface area contributed by atoms with Gasteiger partial charge in [-0.25, -0.2) is 4.39 Å². The highest BCUT2D eigenvalue weighted by atomic mass is 35.5. The Morgan fingerprint density at radius 3 is 2.20 bits per heavy atom. The summed E-state index contributed by atoms with van der Waals surface area (Å²) in [5.74, 6) is 0.799. The van der Waals surface area contributed by atoms with Crippen molar-refractivity contribution in [1.29, 1.82) is 0 Å². The largest absolute Gasteiger partial charge is 0.307 e. The first-order chi connectivity index (χ1) is 4.68. The van der Waals surface area contributed by atoms with Gasteiger partial charge in [0.25, 0.3) is 0 Å². The Hall–Kier alpha value is 0.470. The molecule has 0 aliphatic rings. The van der Waals surface area contributed by atoms with Gasteiger partial charge in [0.2, 0.25) is 0 Å². The summed E-state index contributed by atoms with van der Waals surface area (Å²) >= 11 is 11.2. The van der Waals surface area contributed by atoms with Crippen LogP contribution in [0.15, 0.2) is 0 Å². The minimum Gasteiger partial charge on any atom is -0.307 e. The maximum Gasteiger partial charge on any atom is 0.102 e. The van der Waals surface area contributed by atoms with Gasteiger partial charge in [-0.3, -0.25) is 0 Å². The molecule has 0 atom stereocenters. The van der Waals surface area contributed by atoms with Gasteiger partial charge in [-0.05, 0) is 6.92 Å². The lowest BCUT2D eigenvalue weighted by molar-refractivity contribution is 0.387. The minimum atomic E-state index is -0.386. The van der Waals surface area contributed by atoms with Gasteiger partial charge in [-0.1, -0.05) is 0 Å². The standard InChI is InChI=1S/C6H12Cl2FN/c1-6(4-7,5-8)10-3-2-9/h10H,2-5H2,1H3. The van der Waals surface area contributed by atoms with Crippen LogP contribution in [0.3, 0.4) is 0 Å². The molecule has 0 fully saturated rings. The van der Waals surface area contributed by atoms with Crippen molar-refractivity contribution in [2.75, 3.05) is 25.0 Å². The third-order valence-corrected chi connectivity index (χ3v) is 2.42. The van der Waals surface area contributed by atoms with Crippen LogP contribution in [0.4, 0.5) is 4.39 Å². The molecule has 0 spiro atoms. The van der Waals surface area contributed by atoms with E-state index in [4.69, 9.17) is 23.2 Å². The van der Waals surface area contributed by atoms with Gasteiger partial charge in [-0.15, -0.1) is 23.2 Å². The van der Waals surface area contributed by atoms with Crippen molar-refractivity contribution in [3.63, 3.8) is 0 Å². The molecule has 0 amide bonds. The molecule has 0 heterocycles. The Morgan fingerprint density at radius 2 is 1.90 bits per heavy atom. The zero-order valence-corrected chi connectivity index (χ0v) is 7.47. The molecule has 0 radical (unpaired) electrons. The van der Waals surface area contributed by atoms with Crippen molar-refractivity contribution in [3.8, 4) is 0 Å². The molecule has 0 saturated carbocycles. The highest BCUT2D eigenvalue weighted by molar-refractivity contribution is 6.22. The van der Waals surface area contributed by atoms with Crippen LogP contribution in [0.25, 0.3) is 0 Å². The highest BCUT2D eigenvalue weighted by Crippen LogP contribution is 2.07. The quantitative estimate of drug-likeness (QED) is 0.648. The van der Waals surface area contributed by atoms with Crippen molar-refractivity contribution in [2.24, 2.45) is 0 Å². The van der Waals surface area contributed by atoms with Crippen LogP contribution in [0.1, 0.15) is 6.92 Å². The maximum absolute atomic E-state index is 11.6. The van der Waals surface area contributed by atoms with E-state index in [0.29, 0.717) is 18.3 Å². The summed E-state index contributed by atoms with van der Waals surface area (Å²) in [5, 5.41) is 2.91. The molecule has 0 saturated heterocycles. The van der Waals surface area contributed by atoms with Gasteiger partial charge < -0.3 is 5.32 Å². The monoisotopic (exact) mass is 187 g/mol.